The lowest BCUT2D eigenvalue weighted by atomic mass is 9.99. The molecule has 92 valence electrons. The molecule has 1 aliphatic heterocycles. The van der Waals surface area contributed by atoms with Gasteiger partial charge >= 0.3 is 0 Å². The van der Waals surface area contributed by atoms with Crippen molar-refractivity contribution in [1.29, 1.82) is 0 Å². The fraction of sp³-hybridized carbons (Fsp3) is 0.250. The summed E-state index contributed by atoms with van der Waals surface area (Å²) in [6.07, 6.45) is 0.286. The zero-order valence-corrected chi connectivity index (χ0v) is 10.4. The molecular weight excluding hydrogens is 224 g/mol. The van der Waals surface area contributed by atoms with Crippen molar-refractivity contribution in [1.82, 2.24) is 0 Å². The molecule has 2 aromatic rings. The number of epoxide rings is 1. The van der Waals surface area contributed by atoms with Crippen LogP contribution in [0.25, 0.3) is 11.1 Å². The molecule has 0 aromatic heterocycles. The van der Waals surface area contributed by atoms with Crippen LogP contribution in [-0.2, 0) is 4.74 Å². The summed E-state index contributed by atoms with van der Waals surface area (Å²) < 4.78 is 11.1. The molecule has 2 aromatic carbocycles. The van der Waals surface area contributed by atoms with Gasteiger partial charge in [0.1, 0.15) is 18.5 Å². The minimum atomic E-state index is 0.286. The Morgan fingerprint density at radius 1 is 1.11 bits per heavy atom. The van der Waals surface area contributed by atoms with E-state index in [9.17, 15) is 0 Å². The zero-order chi connectivity index (χ0) is 12.4. The van der Waals surface area contributed by atoms with Gasteiger partial charge in [0, 0.05) is 5.56 Å². The first-order valence-corrected chi connectivity index (χ1v) is 6.24. The van der Waals surface area contributed by atoms with E-state index < -0.39 is 0 Å². The highest BCUT2D eigenvalue weighted by Crippen LogP contribution is 2.33. The lowest BCUT2D eigenvalue weighted by Gasteiger charge is -2.13. The van der Waals surface area contributed by atoms with Crippen molar-refractivity contribution in [3.8, 4) is 16.9 Å². The van der Waals surface area contributed by atoms with Gasteiger partial charge in [-0.1, -0.05) is 42.5 Å². The molecule has 0 aliphatic carbocycles. The summed E-state index contributed by atoms with van der Waals surface area (Å²) in [5.74, 6) is 0.941. The molecule has 3 rings (SSSR count). The summed E-state index contributed by atoms with van der Waals surface area (Å²) in [5, 5.41) is 0. The second-order valence-electron chi connectivity index (χ2n) is 4.58. The van der Waals surface area contributed by atoms with Crippen LogP contribution in [0.4, 0.5) is 0 Å². The van der Waals surface area contributed by atoms with Gasteiger partial charge in [-0.15, -0.1) is 0 Å². The van der Waals surface area contributed by atoms with Crippen LogP contribution in [0.1, 0.15) is 5.56 Å². The number of benzene rings is 2. The quantitative estimate of drug-likeness (QED) is 0.764. The molecule has 1 fully saturated rings. The Hall–Kier alpha value is -1.80. The Morgan fingerprint density at radius 2 is 1.89 bits per heavy atom. The van der Waals surface area contributed by atoms with Crippen molar-refractivity contribution in [2.45, 2.75) is 13.0 Å². The average Bonchev–Trinajstić information content (AvgIpc) is 3.21. The summed E-state index contributed by atoms with van der Waals surface area (Å²) in [6.45, 7) is 3.58. The van der Waals surface area contributed by atoms with E-state index in [0.29, 0.717) is 6.61 Å². The van der Waals surface area contributed by atoms with Crippen LogP contribution in [0.15, 0.2) is 48.5 Å². The van der Waals surface area contributed by atoms with Gasteiger partial charge in [-0.05, 0) is 24.1 Å². The predicted octanol–water partition coefficient (Wildman–Crippen LogP) is 3.44. The van der Waals surface area contributed by atoms with Gasteiger partial charge in [0.05, 0.1) is 6.61 Å². The Kier molecular flexibility index (Phi) is 3.03. The highest BCUT2D eigenvalue weighted by molar-refractivity contribution is 5.73. The first-order valence-electron chi connectivity index (χ1n) is 6.24. The van der Waals surface area contributed by atoms with E-state index in [4.69, 9.17) is 9.47 Å². The van der Waals surface area contributed by atoms with E-state index in [1.807, 2.05) is 18.2 Å². The van der Waals surface area contributed by atoms with Crippen LogP contribution in [0.3, 0.4) is 0 Å². The fourth-order valence-corrected chi connectivity index (χ4v) is 2.08. The topological polar surface area (TPSA) is 21.8 Å². The number of aryl methyl sites for hydroxylation is 1. The molecular formula is C16H16O2. The molecule has 2 nitrogen and oxygen atoms in total. The fourth-order valence-electron chi connectivity index (χ4n) is 2.08. The Morgan fingerprint density at radius 3 is 2.61 bits per heavy atom. The van der Waals surface area contributed by atoms with Crippen molar-refractivity contribution in [2.24, 2.45) is 0 Å². The maximum Gasteiger partial charge on any atom is 0.127 e. The third-order valence-electron chi connectivity index (χ3n) is 3.12. The smallest absolute Gasteiger partial charge is 0.127 e. The van der Waals surface area contributed by atoms with Gasteiger partial charge in [0.25, 0.3) is 0 Å². The SMILES string of the molecule is Cc1cccc(OCC2CO2)c1-c1ccccc1. The van der Waals surface area contributed by atoms with Gasteiger partial charge in [-0.25, -0.2) is 0 Å². The van der Waals surface area contributed by atoms with Crippen molar-refractivity contribution in [3.63, 3.8) is 0 Å². The minimum absolute atomic E-state index is 0.286. The Balaban J connectivity index is 1.95. The van der Waals surface area contributed by atoms with E-state index >= 15 is 0 Å². The zero-order valence-electron chi connectivity index (χ0n) is 10.4. The number of ether oxygens (including phenoxy) is 2. The molecule has 0 saturated carbocycles. The summed E-state index contributed by atoms with van der Waals surface area (Å²) in [6, 6.07) is 16.5. The first kappa shape index (κ1) is 11.3. The largest absolute Gasteiger partial charge is 0.490 e. The highest BCUT2D eigenvalue weighted by atomic mass is 16.6. The second-order valence-corrected chi connectivity index (χ2v) is 4.58. The monoisotopic (exact) mass is 240 g/mol. The van der Waals surface area contributed by atoms with Crippen LogP contribution in [0.2, 0.25) is 0 Å². The summed E-state index contributed by atoms with van der Waals surface area (Å²) in [7, 11) is 0. The van der Waals surface area contributed by atoms with Crippen LogP contribution < -0.4 is 4.74 Å². The number of hydrogen-bond acceptors (Lipinski definition) is 2. The second kappa shape index (κ2) is 4.83. The van der Waals surface area contributed by atoms with Crippen LogP contribution in [0, 0.1) is 6.92 Å². The molecule has 18 heavy (non-hydrogen) atoms. The molecule has 1 saturated heterocycles. The van der Waals surface area contributed by atoms with E-state index in [1.54, 1.807) is 0 Å². The molecule has 1 heterocycles. The lowest BCUT2D eigenvalue weighted by molar-refractivity contribution is 0.264. The number of hydrogen-bond donors (Lipinski definition) is 0. The molecule has 0 amide bonds. The van der Waals surface area contributed by atoms with Gasteiger partial charge in [-0.2, -0.15) is 0 Å². The Bertz CT molecular complexity index is 530. The van der Waals surface area contributed by atoms with Gasteiger partial charge in [0.2, 0.25) is 0 Å². The Labute approximate surface area is 107 Å². The van der Waals surface area contributed by atoms with Crippen molar-refractivity contribution >= 4 is 0 Å². The lowest BCUT2D eigenvalue weighted by Crippen LogP contribution is -2.05. The number of rotatable bonds is 4. The van der Waals surface area contributed by atoms with E-state index in [1.165, 1.54) is 16.7 Å². The molecule has 2 heteroatoms. The van der Waals surface area contributed by atoms with E-state index in [-0.39, 0.29) is 6.10 Å². The molecule has 1 atom stereocenters. The third-order valence-corrected chi connectivity index (χ3v) is 3.12. The van der Waals surface area contributed by atoms with Gasteiger partial charge in [0.15, 0.2) is 0 Å². The molecule has 1 unspecified atom stereocenters. The average molecular weight is 240 g/mol. The van der Waals surface area contributed by atoms with Crippen LogP contribution in [-0.4, -0.2) is 19.3 Å². The first-order chi connectivity index (χ1) is 8.84. The maximum absolute atomic E-state index is 5.87. The summed E-state index contributed by atoms with van der Waals surface area (Å²) in [5.41, 5.74) is 3.61. The highest BCUT2D eigenvalue weighted by Gasteiger charge is 2.23. The maximum atomic E-state index is 5.87. The molecule has 0 radical (unpaired) electrons. The van der Waals surface area contributed by atoms with Gasteiger partial charge in [-0.3, -0.25) is 0 Å². The standard InChI is InChI=1S/C16H16O2/c1-12-6-5-9-15(18-11-14-10-17-14)16(12)13-7-3-2-4-8-13/h2-9,14H,10-11H2,1H3. The van der Waals surface area contributed by atoms with Crippen LogP contribution in [0.5, 0.6) is 5.75 Å². The third kappa shape index (κ3) is 2.39. The summed E-state index contributed by atoms with van der Waals surface area (Å²) >= 11 is 0. The van der Waals surface area contributed by atoms with E-state index in [2.05, 4.69) is 37.3 Å². The molecule has 0 spiro atoms. The van der Waals surface area contributed by atoms with Crippen molar-refractivity contribution in [3.05, 3.63) is 54.1 Å². The molecule has 1 aliphatic rings. The van der Waals surface area contributed by atoms with Gasteiger partial charge < -0.3 is 9.47 Å². The summed E-state index contributed by atoms with van der Waals surface area (Å²) in [4.78, 5) is 0. The van der Waals surface area contributed by atoms with Crippen molar-refractivity contribution in [2.75, 3.05) is 13.2 Å². The predicted molar refractivity (Wildman–Crippen MR) is 71.9 cm³/mol. The normalized spacial score (nSPS) is 17.5. The molecule has 0 N–H and O–H groups in total. The van der Waals surface area contributed by atoms with Crippen molar-refractivity contribution < 1.29 is 9.47 Å². The minimum Gasteiger partial charge on any atom is -0.490 e. The van der Waals surface area contributed by atoms with E-state index in [0.717, 1.165) is 12.4 Å². The van der Waals surface area contributed by atoms with Crippen LogP contribution >= 0.6 is 0 Å². The molecule has 0 bridgehead atoms.